The smallest absolute Gasteiger partial charge is 0.307 e. The normalized spacial score (nSPS) is 25.8. The maximum Gasteiger partial charge on any atom is 0.307 e. The Morgan fingerprint density at radius 3 is 2.45 bits per heavy atom. The highest BCUT2D eigenvalue weighted by molar-refractivity contribution is 5.89. The summed E-state index contributed by atoms with van der Waals surface area (Å²) >= 11 is 0. The number of amides is 1. The number of carboxylic acids is 1. The quantitative estimate of drug-likeness (QED) is 0.831. The van der Waals surface area contributed by atoms with Gasteiger partial charge in [0.15, 0.2) is 0 Å². The summed E-state index contributed by atoms with van der Waals surface area (Å²) in [5, 5.41) is 12.0. The maximum atomic E-state index is 12.1. The van der Waals surface area contributed by atoms with Gasteiger partial charge in [0.2, 0.25) is 5.91 Å². The first-order valence-electron chi connectivity index (χ1n) is 7.22. The van der Waals surface area contributed by atoms with Crippen molar-refractivity contribution in [3.63, 3.8) is 0 Å². The van der Waals surface area contributed by atoms with Gasteiger partial charge in [0.25, 0.3) is 0 Å². The van der Waals surface area contributed by atoms with Crippen LogP contribution in [-0.2, 0) is 16.0 Å². The lowest BCUT2D eigenvalue weighted by atomic mass is 10.0. The molecule has 0 aromatic heterocycles. The molecule has 20 heavy (non-hydrogen) atoms. The Bertz CT molecular complexity index is 510. The lowest BCUT2D eigenvalue weighted by molar-refractivity contribution is -0.140. The van der Waals surface area contributed by atoms with Crippen molar-refractivity contribution in [2.75, 3.05) is 0 Å². The first-order chi connectivity index (χ1) is 9.65. The number of carboxylic acid groups (broad SMARTS) is 1. The van der Waals surface area contributed by atoms with Crippen molar-refractivity contribution in [2.24, 2.45) is 17.8 Å². The Morgan fingerprint density at radius 1 is 1.20 bits per heavy atom. The predicted octanol–water partition coefficient (Wildman–Crippen LogP) is 1.84. The molecule has 2 aliphatic rings. The first kappa shape index (κ1) is 13.2. The van der Waals surface area contributed by atoms with E-state index in [0.29, 0.717) is 12.3 Å². The largest absolute Gasteiger partial charge is 0.481 e. The van der Waals surface area contributed by atoms with Crippen LogP contribution in [0.4, 0.5) is 0 Å². The maximum absolute atomic E-state index is 12.1. The van der Waals surface area contributed by atoms with Crippen LogP contribution in [0.1, 0.15) is 24.8 Å². The molecule has 2 saturated carbocycles. The van der Waals surface area contributed by atoms with Crippen LogP contribution in [0.3, 0.4) is 0 Å². The second-order valence-electron chi connectivity index (χ2n) is 5.93. The van der Waals surface area contributed by atoms with E-state index in [1.54, 1.807) is 0 Å². The van der Waals surface area contributed by atoms with E-state index in [0.717, 1.165) is 19.3 Å². The van der Waals surface area contributed by atoms with Crippen LogP contribution in [0.15, 0.2) is 30.3 Å². The summed E-state index contributed by atoms with van der Waals surface area (Å²) in [4.78, 5) is 22.9. The van der Waals surface area contributed by atoms with Gasteiger partial charge in [-0.3, -0.25) is 9.59 Å². The fourth-order valence-electron chi connectivity index (χ4n) is 2.75. The number of hydrogen-bond acceptors (Lipinski definition) is 2. The summed E-state index contributed by atoms with van der Waals surface area (Å²) in [6.45, 7) is 0. The van der Waals surface area contributed by atoms with E-state index in [-0.39, 0.29) is 17.9 Å². The molecule has 3 unspecified atom stereocenters. The monoisotopic (exact) mass is 273 g/mol. The minimum absolute atomic E-state index is 0.0785. The molecular formula is C16H19NO3. The zero-order chi connectivity index (χ0) is 14.1. The fraction of sp³-hybridized carbons (Fsp3) is 0.500. The number of nitrogens with one attached hydrogen (secondary N) is 1. The molecule has 1 amide bonds. The highest BCUT2D eigenvalue weighted by Crippen LogP contribution is 2.40. The Hall–Kier alpha value is -1.84. The summed E-state index contributed by atoms with van der Waals surface area (Å²) in [5.41, 5.74) is 1.22. The molecule has 0 aliphatic heterocycles. The Balaban J connectivity index is 1.58. The first-order valence-corrected chi connectivity index (χ1v) is 7.22. The molecule has 4 nitrogen and oxygen atoms in total. The highest BCUT2D eigenvalue weighted by Gasteiger charge is 2.49. The third kappa shape index (κ3) is 3.00. The van der Waals surface area contributed by atoms with Gasteiger partial charge in [-0.25, -0.2) is 0 Å². The number of carbonyl (C=O) groups is 2. The Kier molecular flexibility index (Phi) is 3.47. The molecule has 3 atom stereocenters. The molecule has 2 aliphatic carbocycles. The van der Waals surface area contributed by atoms with Crippen molar-refractivity contribution in [3.05, 3.63) is 35.9 Å². The Labute approximate surface area is 118 Å². The van der Waals surface area contributed by atoms with E-state index in [1.165, 1.54) is 5.56 Å². The van der Waals surface area contributed by atoms with Crippen LogP contribution in [0.5, 0.6) is 0 Å². The lowest BCUT2D eigenvalue weighted by Gasteiger charge is -2.18. The van der Waals surface area contributed by atoms with Crippen molar-refractivity contribution in [2.45, 2.75) is 31.7 Å². The molecule has 0 saturated heterocycles. The molecule has 2 N–H and O–H groups in total. The molecular weight excluding hydrogens is 254 g/mol. The van der Waals surface area contributed by atoms with Crippen LogP contribution >= 0.6 is 0 Å². The molecule has 2 fully saturated rings. The van der Waals surface area contributed by atoms with Crippen LogP contribution in [0.25, 0.3) is 0 Å². The van der Waals surface area contributed by atoms with Crippen molar-refractivity contribution in [1.82, 2.24) is 5.32 Å². The third-order valence-electron chi connectivity index (χ3n) is 4.26. The van der Waals surface area contributed by atoms with Crippen LogP contribution in [0.2, 0.25) is 0 Å². The topological polar surface area (TPSA) is 66.4 Å². The van der Waals surface area contributed by atoms with Crippen LogP contribution in [-0.4, -0.2) is 23.0 Å². The minimum Gasteiger partial charge on any atom is -0.481 e. The predicted molar refractivity (Wildman–Crippen MR) is 74.0 cm³/mol. The van der Waals surface area contributed by atoms with Crippen molar-refractivity contribution >= 4 is 11.9 Å². The van der Waals surface area contributed by atoms with E-state index in [9.17, 15) is 9.59 Å². The summed E-state index contributed by atoms with van der Waals surface area (Å²) < 4.78 is 0. The number of benzene rings is 1. The second kappa shape index (κ2) is 5.27. The molecule has 1 aromatic rings. The average Bonchev–Trinajstić information content (AvgIpc) is 3.29. The molecule has 0 bridgehead atoms. The third-order valence-corrected chi connectivity index (χ3v) is 4.26. The van der Waals surface area contributed by atoms with Crippen molar-refractivity contribution < 1.29 is 14.7 Å². The summed E-state index contributed by atoms with van der Waals surface area (Å²) in [7, 11) is 0. The van der Waals surface area contributed by atoms with Gasteiger partial charge in [0.05, 0.1) is 11.8 Å². The summed E-state index contributed by atoms with van der Waals surface area (Å²) in [6, 6.07) is 10.3. The summed E-state index contributed by atoms with van der Waals surface area (Å²) in [6.07, 6.45) is 3.64. The highest BCUT2D eigenvalue weighted by atomic mass is 16.4. The molecule has 1 aromatic carbocycles. The van der Waals surface area contributed by atoms with E-state index in [2.05, 4.69) is 17.4 Å². The minimum atomic E-state index is -0.851. The standard InChI is InChI=1S/C16H19NO3/c18-15(12-9-13(12)16(19)20)17-14(11-6-7-11)8-10-4-2-1-3-5-10/h1-5,11-14H,6-9H2,(H,17,18)(H,19,20). The van der Waals surface area contributed by atoms with E-state index in [4.69, 9.17) is 5.11 Å². The molecule has 0 spiro atoms. The van der Waals surface area contributed by atoms with Crippen molar-refractivity contribution in [3.8, 4) is 0 Å². The zero-order valence-electron chi connectivity index (χ0n) is 11.3. The van der Waals surface area contributed by atoms with Gasteiger partial charge < -0.3 is 10.4 Å². The van der Waals surface area contributed by atoms with E-state index in [1.807, 2.05) is 18.2 Å². The van der Waals surface area contributed by atoms with Crippen LogP contribution < -0.4 is 5.32 Å². The van der Waals surface area contributed by atoms with E-state index < -0.39 is 11.9 Å². The van der Waals surface area contributed by atoms with Gasteiger partial charge in [-0.2, -0.15) is 0 Å². The Morgan fingerprint density at radius 2 is 1.90 bits per heavy atom. The summed E-state index contributed by atoms with van der Waals surface area (Å²) in [5.74, 6) is -1.15. The van der Waals surface area contributed by atoms with Crippen LogP contribution in [0, 0.1) is 17.8 Å². The van der Waals surface area contributed by atoms with Gasteiger partial charge >= 0.3 is 5.97 Å². The van der Waals surface area contributed by atoms with Gasteiger partial charge in [0.1, 0.15) is 0 Å². The SMILES string of the molecule is O=C(O)C1CC1C(=O)NC(Cc1ccccc1)C1CC1. The molecule has 4 heteroatoms. The van der Waals surface area contributed by atoms with Gasteiger partial charge in [-0.15, -0.1) is 0 Å². The van der Waals surface area contributed by atoms with Gasteiger partial charge in [-0.1, -0.05) is 30.3 Å². The van der Waals surface area contributed by atoms with E-state index >= 15 is 0 Å². The number of carbonyl (C=O) groups excluding carboxylic acids is 1. The van der Waals surface area contributed by atoms with Gasteiger partial charge in [0, 0.05) is 6.04 Å². The number of rotatable bonds is 6. The zero-order valence-corrected chi connectivity index (χ0v) is 11.3. The van der Waals surface area contributed by atoms with Crippen molar-refractivity contribution in [1.29, 1.82) is 0 Å². The number of aliphatic carboxylic acids is 1. The average molecular weight is 273 g/mol. The number of hydrogen-bond donors (Lipinski definition) is 2. The molecule has 106 valence electrons. The molecule has 0 radical (unpaired) electrons. The molecule has 0 heterocycles. The fourth-order valence-corrected chi connectivity index (χ4v) is 2.75. The lowest BCUT2D eigenvalue weighted by Crippen LogP contribution is -2.39. The second-order valence-corrected chi connectivity index (χ2v) is 5.93. The molecule has 3 rings (SSSR count). The van der Waals surface area contributed by atoms with Gasteiger partial charge in [-0.05, 0) is 37.2 Å².